The normalized spacial score (nSPS) is 10.8. The number of amides is 2. The molecule has 4 N–H and O–H groups in total. The molecule has 0 aliphatic heterocycles. The molecule has 1 heterocycles. The van der Waals surface area contributed by atoms with Gasteiger partial charge in [0.15, 0.2) is 0 Å². The summed E-state index contributed by atoms with van der Waals surface area (Å²) in [5.74, 6) is 0.0690. The molecule has 1 aromatic heterocycles. The van der Waals surface area contributed by atoms with Gasteiger partial charge in [-0.2, -0.15) is 9.97 Å². The Morgan fingerprint density at radius 2 is 1.71 bits per heavy atom. The van der Waals surface area contributed by atoms with Gasteiger partial charge in [0.1, 0.15) is 4.90 Å². The lowest BCUT2D eigenvalue weighted by molar-refractivity contribution is 0.256. The van der Waals surface area contributed by atoms with Crippen LogP contribution in [-0.4, -0.2) is 38.6 Å². The highest BCUT2D eigenvalue weighted by molar-refractivity contribution is 7.90. The predicted octanol–water partition coefficient (Wildman–Crippen LogP) is 0.586. The van der Waals surface area contributed by atoms with Gasteiger partial charge in [0.25, 0.3) is 10.0 Å². The van der Waals surface area contributed by atoms with E-state index in [1.54, 1.807) is 6.07 Å². The number of sulfonamides is 1. The molecule has 2 aromatic rings. The monoisotopic (exact) mass is 353 g/mol. The second kappa shape index (κ2) is 7.00. The van der Waals surface area contributed by atoms with Crippen LogP contribution < -0.4 is 25.2 Å². The summed E-state index contributed by atoms with van der Waals surface area (Å²) < 4.78 is 36.0. The van der Waals surface area contributed by atoms with Crippen molar-refractivity contribution in [2.45, 2.75) is 4.90 Å². The number of nitrogens with two attached hydrogens (primary N) is 1. The van der Waals surface area contributed by atoms with Gasteiger partial charge in [-0.05, 0) is 12.1 Å². The number of hydrogen-bond acceptors (Lipinski definition) is 8. The molecule has 0 radical (unpaired) electrons. The number of anilines is 2. The third kappa shape index (κ3) is 4.01. The maximum atomic E-state index is 12.2. The van der Waals surface area contributed by atoms with E-state index in [-0.39, 0.29) is 28.3 Å². The Bertz CT molecular complexity index is 833. The van der Waals surface area contributed by atoms with Gasteiger partial charge in [0.2, 0.25) is 17.7 Å². The molecule has 24 heavy (non-hydrogen) atoms. The maximum Gasteiger partial charge on any atom is 0.335 e. The SMILES string of the molecule is COc1cc(OC)nc(NC(=O)NS(=O)(=O)c2ccccc2N)n1. The van der Waals surface area contributed by atoms with Crippen molar-refractivity contribution in [3.8, 4) is 11.8 Å². The first-order valence-corrected chi connectivity index (χ1v) is 7.99. The number of carbonyl (C=O) groups excluding carboxylic acids is 1. The van der Waals surface area contributed by atoms with Gasteiger partial charge in [-0.3, -0.25) is 5.32 Å². The summed E-state index contributed by atoms with van der Waals surface area (Å²) in [6.45, 7) is 0. The first-order chi connectivity index (χ1) is 11.4. The van der Waals surface area contributed by atoms with E-state index in [9.17, 15) is 13.2 Å². The number of nitrogen functional groups attached to an aromatic ring is 1. The zero-order chi connectivity index (χ0) is 17.7. The van der Waals surface area contributed by atoms with E-state index in [1.165, 1.54) is 38.5 Å². The van der Waals surface area contributed by atoms with Crippen molar-refractivity contribution in [3.05, 3.63) is 30.3 Å². The molecule has 0 bridgehead atoms. The number of urea groups is 1. The second-order valence-electron chi connectivity index (χ2n) is 4.37. The van der Waals surface area contributed by atoms with Crippen molar-refractivity contribution >= 4 is 27.7 Å². The van der Waals surface area contributed by atoms with Gasteiger partial charge in [-0.15, -0.1) is 0 Å². The van der Waals surface area contributed by atoms with E-state index >= 15 is 0 Å². The van der Waals surface area contributed by atoms with E-state index in [2.05, 4.69) is 15.3 Å². The molecule has 0 unspecified atom stereocenters. The van der Waals surface area contributed by atoms with Crippen LogP contribution in [0.3, 0.4) is 0 Å². The molecule has 2 amide bonds. The summed E-state index contributed by atoms with van der Waals surface area (Å²) in [4.78, 5) is 19.4. The summed E-state index contributed by atoms with van der Waals surface area (Å²) in [5.41, 5.74) is 5.61. The van der Waals surface area contributed by atoms with Crippen LogP contribution >= 0.6 is 0 Å². The molecule has 0 atom stereocenters. The number of rotatable bonds is 5. The number of ether oxygens (including phenoxy) is 2. The summed E-state index contributed by atoms with van der Waals surface area (Å²) >= 11 is 0. The van der Waals surface area contributed by atoms with Gasteiger partial charge < -0.3 is 15.2 Å². The Hall–Kier alpha value is -3.08. The zero-order valence-electron chi connectivity index (χ0n) is 12.8. The summed E-state index contributed by atoms with van der Waals surface area (Å²) in [6, 6.07) is 6.07. The minimum atomic E-state index is -4.15. The van der Waals surface area contributed by atoms with Gasteiger partial charge in [0, 0.05) is 0 Å². The van der Waals surface area contributed by atoms with Crippen molar-refractivity contribution in [1.82, 2.24) is 14.7 Å². The molecule has 2 rings (SSSR count). The smallest absolute Gasteiger partial charge is 0.335 e. The fraction of sp³-hybridized carbons (Fsp3) is 0.154. The molecule has 0 aliphatic carbocycles. The van der Waals surface area contributed by atoms with E-state index in [1.807, 2.05) is 4.72 Å². The molecule has 128 valence electrons. The largest absolute Gasteiger partial charge is 0.481 e. The lowest BCUT2D eigenvalue weighted by atomic mass is 10.3. The van der Waals surface area contributed by atoms with Crippen molar-refractivity contribution in [3.63, 3.8) is 0 Å². The van der Waals surface area contributed by atoms with Crippen molar-refractivity contribution in [1.29, 1.82) is 0 Å². The van der Waals surface area contributed by atoms with Crippen LogP contribution in [0.2, 0.25) is 0 Å². The van der Waals surface area contributed by atoms with Crippen LogP contribution in [0.5, 0.6) is 11.8 Å². The molecule has 0 saturated heterocycles. The molecular formula is C13H15N5O5S. The number of nitrogens with zero attached hydrogens (tertiary/aromatic N) is 2. The fourth-order valence-electron chi connectivity index (χ4n) is 1.70. The Labute approximate surface area is 138 Å². The number of hydrogen-bond donors (Lipinski definition) is 3. The van der Waals surface area contributed by atoms with E-state index in [0.717, 1.165) is 0 Å². The Kier molecular flexibility index (Phi) is 5.04. The van der Waals surface area contributed by atoms with Gasteiger partial charge >= 0.3 is 6.03 Å². The van der Waals surface area contributed by atoms with Crippen LogP contribution in [0.25, 0.3) is 0 Å². The Morgan fingerprint density at radius 1 is 1.12 bits per heavy atom. The fourth-order valence-corrected chi connectivity index (χ4v) is 2.74. The molecule has 10 nitrogen and oxygen atoms in total. The molecule has 0 saturated carbocycles. The zero-order valence-corrected chi connectivity index (χ0v) is 13.6. The summed E-state index contributed by atoms with van der Waals surface area (Å²) in [7, 11) is -1.41. The lowest BCUT2D eigenvalue weighted by Crippen LogP contribution is -2.35. The lowest BCUT2D eigenvalue weighted by Gasteiger charge is -2.10. The predicted molar refractivity (Wildman–Crippen MR) is 85.3 cm³/mol. The quantitative estimate of drug-likeness (QED) is 0.662. The third-order valence-electron chi connectivity index (χ3n) is 2.76. The van der Waals surface area contributed by atoms with E-state index < -0.39 is 16.1 Å². The average molecular weight is 353 g/mol. The van der Waals surface area contributed by atoms with Gasteiger partial charge in [-0.1, -0.05) is 12.1 Å². The molecule has 0 spiro atoms. The molecule has 0 fully saturated rings. The number of aromatic nitrogens is 2. The standard InChI is InChI=1S/C13H15N5O5S/c1-22-10-7-11(23-2)16-12(15-10)17-13(19)18-24(20,21)9-6-4-3-5-8(9)14/h3-7H,14H2,1-2H3,(H2,15,16,17,18,19). The van der Waals surface area contributed by atoms with Crippen molar-refractivity contribution in [2.75, 3.05) is 25.3 Å². The first kappa shape index (κ1) is 17.3. The number of carbonyl (C=O) groups is 1. The number of nitrogens with one attached hydrogen (secondary N) is 2. The van der Waals surface area contributed by atoms with Crippen LogP contribution in [0.4, 0.5) is 16.4 Å². The van der Waals surface area contributed by atoms with Gasteiger partial charge in [0.05, 0.1) is 26.0 Å². The number of methoxy groups -OCH3 is 2. The second-order valence-corrected chi connectivity index (χ2v) is 6.02. The number of para-hydroxylation sites is 1. The van der Waals surface area contributed by atoms with Crippen LogP contribution in [0.15, 0.2) is 35.2 Å². The topological polar surface area (TPSA) is 146 Å². The Morgan fingerprint density at radius 3 is 2.25 bits per heavy atom. The van der Waals surface area contributed by atoms with Crippen molar-refractivity contribution < 1.29 is 22.7 Å². The highest BCUT2D eigenvalue weighted by atomic mass is 32.2. The summed E-state index contributed by atoms with van der Waals surface area (Å²) in [5, 5.41) is 2.18. The van der Waals surface area contributed by atoms with E-state index in [4.69, 9.17) is 15.2 Å². The maximum absolute atomic E-state index is 12.2. The minimum Gasteiger partial charge on any atom is -0.481 e. The van der Waals surface area contributed by atoms with Crippen LogP contribution in [0.1, 0.15) is 0 Å². The molecule has 0 aliphatic rings. The van der Waals surface area contributed by atoms with Crippen molar-refractivity contribution in [2.24, 2.45) is 0 Å². The highest BCUT2D eigenvalue weighted by Crippen LogP contribution is 2.18. The molecule has 11 heteroatoms. The number of benzene rings is 1. The molecular weight excluding hydrogens is 338 g/mol. The van der Waals surface area contributed by atoms with Gasteiger partial charge in [-0.25, -0.2) is 17.9 Å². The Balaban J connectivity index is 2.18. The minimum absolute atomic E-state index is 0.0112. The van der Waals surface area contributed by atoms with Crippen LogP contribution in [-0.2, 0) is 10.0 Å². The summed E-state index contributed by atoms with van der Waals surface area (Å²) in [6.07, 6.45) is 0. The first-order valence-electron chi connectivity index (χ1n) is 6.51. The molecule has 1 aromatic carbocycles. The average Bonchev–Trinajstić information content (AvgIpc) is 2.53. The highest BCUT2D eigenvalue weighted by Gasteiger charge is 2.20. The third-order valence-corrected chi connectivity index (χ3v) is 4.16. The van der Waals surface area contributed by atoms with Crippen LogP contribution in [0, 0.1) is 0 Å². The van der Waals surface area contributed by atoms with E-state index in [0.29, 0.717) is 0 Å².